The lowest BCUT2D eigenvalue weighted by molar-refractivity contribution is -0.126. The van der Waals surface area contributed by atoms with Crippen LogP contribution in [-0.4, -0.2) is 56.8 Å². The average Bonchev–Trinajstić information content (AvgIpc) is 2.74. The largest absolute Gasteiger partial charge is 0.482 e. The molecule has 172 valence electrons. The number of nitrogens with one attached hydrogen (secondary N) is 1. The summed E-state index contributed by atoms with van der Waals surface area (Å²) >= 11 is 0. The molecule has 3 rings (SSSR count). The van der Waals surface area contributed by atoms with Crippen molar-refractivity contribution in [2.45, 2.75) is 57.9 Å². The molecule has 1 N–H and O–H groups in total. The van der Waals surface area contributed by atoms with E-state index in [4.69, 9.17) is 4.74 Å². The van der Waals surface area contributed by atoms with Crippen LogP contribution in [0.1, 0.15) is 47.0 Å². The molecular weight excluding hydrogens is 418 g/mol. The number of anilines is 1. The lowest BCUT2D eigenvalue weighted by Crippen LogP contribution is -2.50. The fourth-order valence-corrected chi connectivity index (χ4v) is 5.89. The van der Waals surface area contributed by atoms with Crippen LogP contribution in [0, 0.1) is 11.8 Å². The number of rotatable bonds is 7. The molecule has 1 saturated carbocycles. The van der Waals surface area contributed by atoms with E-state index in [1.165, 1.54) is 21.3 Å². The maximum atomic E-state index is 12.9. The van der Waals surface area contributed by atoms with Crippen molar-refractivity contribution in [1.82, 2.24) is 9.62 Å². The summed E-state index contributed by atoms with van der Waals surface area (Å²) in [7, 11) is -3.70. The first-order valence-electron chi connectivity index (χ1n) is 11.1. The number of ether oxygens (including phenoxy) is 1. The minimum Gasteiger partial charge on any atom is -0.482 e. The molecule has 1 aromatic rings. The second-order valence-corrected chi connectivity index (χ2v) is 10.4. The molecule has 0 saturated heterocycles. The predicted octanol–water partition coefficient (Wildman–Crippen LogP) is 2.38. The summed E-state index contributed by atoms with van der Waals surface area (Å²) in [5, 5.41) is 3.08. The number of amides is 2. The van der Waals surface area contributed by atoms with Gasteiger partial charge in [0, 0.05) is 19.1 Å². The van der Waals surface area contributed by atoms with E-state index >= 15 is 0 Å². The number of nitrogens with zero attached hydrogens (tertiary/aromatic N) is 2. The van der Waals surface area contributed by atoms with Crippen LogP contribution in [0.5, 0.6) is 5.75 Å². The Morgan fingerprint density at radius 2 is 1.94 bits per heavy atom. The average molecular weight is 452 g/mol. The van der Waals surface area contributed by atoms with Crippen molar-refractivity contribution >= 4 is 27.5 Å². The Morgan fingerprint density at radius 1 is 1.23 bits per heavy atom. The van der Waals surface area contributed by atoms with Crippen LogP contribution in [0.25, 0.3) is 0 Å². The van der Waals surface area contributed by atoms with Gasteiger partial charge in [0.15, 0.2) is 6.61 Å². The number of hydrogen-bond donors (Lipinski definition) is 1. The summed E-state index contributed by atoms with van der Waals surface area (Å²) < 4.78 is 32.7. The highest BCUT2D eigenvalue weighted by Crippen LogP contribution is 2.35. The van der Waals surface area contributed by atoms with Gasteiger partial charge in [0.1, 0.15) is 12.3 Å². The van der Waals surface area contributed by atoms with E-state index in [0.717, 1.165) is 19.3 Å². The van der Waals surface area contributed by atoms with Crippen LogP contribution in [0.4, 0.5) is 5.69 Å². The standard InChI is InChI=1S/C22H33N3O5S/c1-5-24(6-2)31(28,29)17-10-11-20-19(12-17)25(22(27)14-30-20)13-21(26)23-18-9-7-8-15(3)16(18)4/h10-12,15-16,18H,5-9,13-14H2,1-4H3,(H,23,26)/t15-,16+,18-/m1/s1. The van der Waals surface area contributed by atoms with Crippen molar-refractivity contribution in [2.75, 3.05) is 31.1 Å². The number of benzene rings is 1. The number of hydrogen-bond acceptors (Lipinski definition) is 5. The fourth-order valence-electron chi connectivity index (χ4n) is 4.41. The van der Waals surface area contributed by atoms with Gasteiger partial charge in [0.05, 0.1) is 10.6 Å². The smallest absolute Gasteiger partial charge is 0.265 e. The molecule has 1 heterocycles. The molecule has 1 aliphatic carbocycles. The van der Waals surface area contributed by atoms with Crippen LogP contribution >= 0.6 is 0 Å². The van der Waals surface area contributed by atoms with E-state index in [1.54, 1.807) is 19.9 Å². The van der Waals surface area contributed by atoms with Crippen molar-refractivity contribution in [3.8, 4) is 5.75 Å². The van der Waals surface area contributed by atoms with Crippen LogP contribution < -0.4 is 15.0 Å². The number of fused-ring (bicyclic) bond motifs is 1. The van der Waals surface area contributed by atoms with Gasteiger partial charge in [-0.15, -0.1) is 0 Å². The molecule has 1 aliphatic heterocycles. The molecule has 2 amide bonds. The Balaban J connectivity index is 1.83. The summed E-state index contributed by atoms with van der Waals surface area (Å²) in [6.45, 7) is 8.23. The highest BCUT2D eigenvalue weighted by atomic mass is 32.2. The minimum absolute atomic E-state index is 0.0772. The van der Waals surface area contributed by atoms with E-state index in [0.29, 0.717) is 36.4 Å². The van der Waals surface area contributed by atoms with Gasteiger partial charge in [0.2, 0.25) is 15.9 Å². The topological polar surface area (TPSA) is 96.0 Å². The third-order valence-electron chi connectivity index (χ3n) is 6.57. The van der Waals surface area contributed by atoms with Crippen LogP contribution in [0.2, 0.25) is 0 Å². The molecule has 0 unspecified atom stereocenters. The molecule has 0 bridgehead atoms. The van der Waals surface area contributed by atoms with Crippen LogP contribution in [0.15, 0.2) is 23.1 Å². The van der Waals surface area contributed by atoms with E-state index in [9.17, 15) is 18.0 Å². The first-order valence-corrected chi connectivity index (χ1v) is 12.5. The Kier molecular flexibility index (Phi) is 7.26. The van der Waals surface area contributed by atoms with Gasteiger partial charge in [-0.25, -0.2) is 8.42 Å². The predicted molar refractivity (Wildman–Crippen MR) is 119 cm³/mol. The number of sulfonamides is 1. The van der Waals surface area contributed by atoms with Crippen LogP contribution in [0.3, 0.4) is 0 Å². The van der Waals surface area contributed by atoms with E-state index in [2.05, 4.69) is 19.2 Å². The lowest BCUT2D eigenvalue weighted by Gasteiger charge is -2.35. The summed E-state index contributed by atoms with van der Waals surface area (Å²) in [5.74, 6) is 0.689. The highest BCUT2D eigenvalue weighted by molar-refractivity contribution is 7.89. The van der Waals surface area contributed by atoms with Gasteiger partial charge in [-0.1, -0.05) is 40.5 Å². The number of carbonyl (C=O) groups excluding carboxylic acids is 2. The summed E-state index contributed by atoms with van der Waals surface area (Å²) in [4.78, 5) is 26.8. The highest BCUT2D eigenvalue weighted by Gasteiger charge is 2.32. The summed E-state index contributed by atoms with van der Waals surface area (Å²) in [6.07, 6.45) is 3.16. The van der Waals surface area contributed by atoms with Gasteiger partial charge < -0.3 is 10.1 Å². The van der Waals surface area contributed by atoms with Crippen molar-refractivity contribution in [3.05, 3.63) is 18.2 Å². The van der Waals surface area contributed by atoms with Gasteiger partial charge in [-0.05, 0) is 36.5 Å². The zero-order valence-electron chi connectivity index (χ0n) is 18.8. The summed E-state index contributed by atoms with van der Waals surface area (Å²) in [6, 6.07) is 4.54. The van der Waals surface area contributed by atoms with E-state index in [-0.39, 0.29) is 35.9 Å². The Labute approximate surface area is 185 Å². The Bertz CT molecular complexity index is 929. The zero-order chi connectivity index (χ0) is 22.8. The van der Waals surface area contributed by atoms with Crippen molar-refractivity contribution in [1.29, 1.82) is 0 Å². The van der Waals surface area contributed by atoms with Gasteiger partial charge in [0.25, 0.3) is 5.91 Å². The van der Waals surface area contributed by atoms with Crippen molar-refractivity contribution in [3.63, 3.8) is 0 Å². The second-order valence-electron chi connectivity index (χ2n) is 8.43. The fraction of sp³-hybridized carbons (Fsp3) is 0.636. The molecule has 1 fully saturated rings. The zero-order valence-corrected chi connectivity index (χ0v) is 19.6. The second kappa shape index (κ2) is 9.56. The lowest BCUT2D eigenvalue weighted by atomic mass is 9.78. The van der Waals surface area contributed by atoms with Crippen LogP contribution in [-0.2, 0) is 19.6 Å². The molecule has 0 spiro atoms. The Hall–Kier alpha value is -2.13. The summed E-state index contributed by atoms with van der Waals surface area (Å²) in [5.41, 5.74) is 0.310. The van der Waals surface area contributed by atoms with E-state index in [1.807, 2.05) is 0 Å². The van der Waals surface area contributed by atoms with Gasteiger partial charge in [-0.3, -0.25) is 14.5 Å². The normalized spacial score (nSPS) is 24.0. The number of carbonyl (C=O) groups is 2. The molecule has 0 radical (unpaired) electrons. The first kappa shape index (κ1) is 23.5. The van der Waals surface area contributed by atoms with Gasteiger partial charge >= 0.3 is 0 Å². The van der Waals surface area contributed by atoms with Gasteiger partial charge in [-0.2, -0.15) is 4.31 Å². The molecule has 2 aliphatic rings. The first-order chi connectivity index (χ1) is 14.7. The maximum absolute atomic E-state index is 12.9. The quantitative estimate of drug-likeness (QED) is 0.687. The SMILES string of the molecule is CCN(CC)S(=O)(=O)c1ccc2c(c1)N(CC(=O)N[C@@H]1CCC[C@@H](C)[C@@H]1C)C(=O)CO2. The maximum Gasteiger partial charge on any atom is 0.265 e. The molecule has 3 atom stereocenters. The monoisotopic (exact) mass is 451 g/mol. The van der Waals surface area contributed by atoms with E-state index < -0.39 is 10.0 Å². The van der Waals surface area contributed by atoms with Crippen molar-refractivity contribution in [2.24, 2.45) is 11.8 Å². The Morgan fingerprint density at radius 3 is 2.61 bits per heavy atom. The molecule has 1 aromatic carbocycles. The molecule has 0 aromatic heterocycles. The molecule has 8 nitrogen and oxygen atoms in total. The third-order valence-corrected chi connectivity index (χ3v) is 8.62. The minimum atomic E-state index is -3.70. The third kappa shape index (κ3) is 4.87. The molecule has 9 heteroatoms. The van der Waals surface area contributed by atoms with Crippen molar-refractivity contribution < 1.29 is 22.7 Å². The molecule has 31 heavy (non-hydrogen) atoms. The molecular formula is C22H33N3O5S.